The largest absolute Gasteiger partial charge is 0.381 e. The molecule has 0 atom stereocenters. The summed E-state index contributed by atoms with van der Waals surface area (Å²) in [5.41, 5.74) is 4.93. The van der Waals surface area contributed by atoms with Gasteiger partial charge in [0.2, 0.25) is 5.91 Å². The maximum Gasteiger partial charge on any atom is 0.223 e. The molecule has 7 rings (SSSR count). The first-order valence-corrected chi connectivity index (χ1v) is 15.3. The number of carbonyl (C=O) groups excluding carboxylic acids is 1. The predicted molar refractivity (Wildman–Crippen MR) is 155 cm³/mol. The molecule has 210 valence electrons. The van der Waals surface area contributed by atoms with Gasteiger partial charge in [-0.05, 0) is 75.6 Å². The maximum atomic E-state index is 12.2. The molecular formula is C30H32N8O2S. The molecule has 0 aromatic carbocycles. The molecule has 3 aliphatic rings. The van der Waals surface area contributed by atoms with Gasteiger partial charge in [0.05, 0.1) is 34.2 Å². The van der Waals surface area contributed by atoms with Crippen LogP contribution in [0.15, 0.2) is 36.7 Å². The first-order valence-electron chi connectivity index (χ1n) is 14.5. The Balaban J connectivity index is 1.14. The van der Waals surface area contributed by atoms with Crippen LogP contribution in [0.3, 0.4) is 0 Å². The number of hydrogen-bond donors (Lipinski definition) is 2. The molecule has 4 aromatic rings. The van der Waals surface area contributed by atoms with E-state index in [1.807, 2.05) is 28.9 Å². The van der Waals surface area contributed by atoms with Gasteiger partial charge in [0.15, 0.2) is 5.01 Å². The Bertz CT molecular complexity index is 1610. The molecule has 2 aliphatic carbocycles. The fourth-order valence-corrected chi connectivity index (χ4v) is 6.90. The van der Waals surface area contributed by atoms with E-state index in [9.17, 15) is 10.1 Å². The molecule has 0 unspecified atom stereocenters. The molecule has 41 heavy (non-hydrogen) atoms. The number of aromatic nitrogens is 5. The highest BCUT2D eigenvalue weighted by molar-refractivity contribution is 7.14. The van der Waals surface area contributed by atoms with Crippen molar-refractivity contribution in [2.75, 3.05) is 18.5 Å². The summed E-state index contributed by atoms with van der Waals surface area (Å²) < 4.78 is 7.40. The maximum absolute atomic E-state index is 12.2. The van der Waals surface area contributed by atoms with Crippen LogP contribution in [-0.2, 0) is 9.53 Å². The average molecular weight is 569 g/mol. The second kappa shape index (κ2) is 11.2. The Kier molecular flexibility index (Phi) is 7.10. The van der Waals surface area contributed by atoms with Gasteiger partial charge in [0, 0.05) is 49.0 Å². The van der Waals surface area contributed by atoms with Crippen LogP contribution < -0.4 is 10.6 Å². The summed E-state index contributed by atoms with van der Waals surface area (Å²) in [6, 6.07) is 10.6. The summed E-state index contributed by atoms with van der Waals surface area (Å²) in [7, 11) is 0. The minimum Gasteiger partial charge on any atom is -0.381 e. The molecule has 2 N–H and O–H groups in total. The Hall–Kier alpha value is -3.88. The lowest BCUT2D eigenvalue weighted by molar-refractivity contribution is -0.123. The Labute approximate surface area is 242 Å². The average Bonchev–Trinajstić information content (AvgIpc) is 3.61. The summed E-state index contributed by atoms with van der Waals surface area (Å²) in [4.78, 5) is 17.0. The van der Waals surface area contributed by atoms with Gasteiger partial charge >= 0.3 is 0 Å². The van der Waals surface area contributed by atoms with Crippen LogP contribution in [-0.4, -0.2) is 56.0 Å². The van der Waals surface area contributed by atoms with E-state index in [-0.39, 0.29) is 17.9 Å². The number of hydrogen-bond acceptors (Lipinski definition) is 9. The number of nitriles is 1. The van der Waals surface area contributed by atoms with Crippen LogP contribution in [0.5, 0.6) is 0 Å². The number of anilines is 1. The van der Waals surface area contributed by atoms with Gasteiger partial charge in [-0.3, -0.25) is 9.78 Å². The number of nitrogens with one attached hydrogen (secondary N) is 2. The number of pyridine rings is 1. The number of fused-ring (bicyclic) bond motifs is 1. The van der Waals surface area contributed by atoms with Crippen LogP contribution in [0.1, 0.15) is 67.9 Å². The zero-order valence-electron chi connectivity index (χ0n) is 22.8. The van der Waals surface area contributed by atoms with E-state index in [1.165, 1.54) is 0 Å². The molecule has 3 fully saturated rings. The molecule has 4 aromatic heterocycles. The Morgan fingerprint density at radius 1 is 1.00 bits per heavy atom. The van der Waals surface area contributed by atoms with Crippen molar-refractivity contribution >= 4 is 28.4 Å². The third-order valence-corrected chi connectivity index (χ3v) is 9.54. The van der Waals surface area contributed by atoms with Gasteiger partial charge in [-0.25, -0.2) is 4.52 Å². The normalized spacial score (nSPS) is 21.4. The third kappa shape index (κ3) is 5.54. The van der Waals surface area contributed by atoms with Crippen LogP contribution in [0.2, 0.25) is 0 Å². The van der Waals surface area contributed by atoms with Gasteiger partial charge in [-0.2, -0.15) is 10.4 Å². The molecule has 1 amide bonds. The summed E-state index contributed by atoms with van der Waals surface area (Å²) >= 11 is 1.65. The topological polar surface area (TPSA) is 130 Å². The van der Waals surface area contributed by atoms with Crippen molar-refractivity contribution in [1.29, 1.82) is 5.26 Å². The molecule has 11 heteroatoms. The molecule has 2 saturated carbocycles. The van der Waals surface area contributed by atoms with Crippen molar-refractivity contribution in [1.82, 2.24) is 30.1 Å². The number of amides is 1. The number of rotatable bonds is 7. The smallest absolute Gasteiger partial charge is 0.223 e. The first kappa shape index (κ1) is 26.0. The van der Waals surface area contributed by atoms with Crippen LogP contribution in [0.4, 0.5) is 5.69 Å². The minimum absolute atomic E-state index is 0.239. The molecular weight excluding hydrogens is 536 g/mol. The summed E-state index contributed by atoms with van der Waals surface area (Å²) in [5, 5.41) is 31.9. The Morgan fingerprint density at radius 3 is 2.61 bits per heavy atom. The first-order chi connectivity index (χ1) is 20.1. The van der Waals surface area contributed by atoms with E-state index in [2.05, 4.69) is 38.1 Å². The van der Waals surface area contributed by atoms with E-state index in [4.69, 9.17) is 9.72 Å². The van der Waals surface area contributed by atoms with Crippen molar-refractivity contribution in [2.45, 2.75) is 69.4 Å². The fourth-order valence-electron chi connectivity index (χ4n) is 5.86. The van der Waals surface area contributed by atoms with Crippen LogP contribution in [0.25, 0.3) is 27.5 Å². The van der Waals surface area contributed by atoms with Crippen molar-refractivity contribution in [3.8, 4) is 28.0 Å². The van der Waals surface area contributed by atoms with Crippen molar-refractivity contribution < 1.29 is 9.53 Å². The molecule has 1 aliphatic heterocycles. The molecule has 1 saturated heterocycles. The molecule has 5 heterocycles. The summed E-state index contributed by atoms with van der Waals surface area (Å²) in [6.07, 6.45) is 11.4. The second-order valence-corrected chi connectivity index (χ2v) is 12.3. The van der Waals surface area contributed by atoms with Crippen LogP contribution >= 0.6 is 11.3 Å². The zero-order valence-corrected chi connectivity index (χ0v) is 23.6. The fraction of sp³-hybridized carbons (Fsp3) is 0.467. The van der Waals surface area contributed by atoms with Gasteiger partial charge in [0.1, 0.15) is 11.1 Å². The number of carbonyl (C=O) groups is 1. The molecule has 10 nitrogen and oxygen atoms in total. The van der Waals surface area contributed by atoms with Crippen LogP contribution in [0, 0.1) is 17.2 Å². The monoisotopic (exact) mass is 568 g/mol. The predicted octanol–water partition coefficient (Wildman–Crippen LogP) is 4.93. The van der Waals surface area contributed by atoms with Gasteiger partial charge in [0.25, 0.3) is 0 Å². The van der Waals surface area contributed by atoms with Crippen molar-refractivity contribution in [3.05, 3.63) is 47.2 Å². The minimum atomic E-state index is 0.239. The van der Waals surface area contributed by atoms with Crippen molar-refractivity contribution in [3.63, 3.8) is 0 Å². The second-order valence-electron chi connectivity index (χ2n) is 11.3. The van der Waals surface area contributed by atoms with Gasteiger partial charge in [-0.15, -0.1) is 10.2 Å². The zero-order chi connectivity index (χ0) is 27.8. The SMILES string of the molecule is N#Cc1cnn2c(-c3cc(NC4CCOCC4)c(-c4nnc(C5CCC(NC(=O)C6CC6)CC5)s4)cn3)ccc2c1. The van der Waals surface area contributed by atoms with Crippen molar-refractivity contribution in [2.24, 2.45) is 5.92 Å². The lowest BCUT2D eigenvalue weighted by atomic mass is 9.86. The highest BCUT2D eigenvalue weighted by Crippen LogP contribution is 2.40. The Morgan fingerprint density at radius 2 is 1.83 bits per heavy atom. The molecule has 0 radical (unpaired) electrons. The molecule has 0 spiro atoms. The third-order valence-electron chi connectivity index (χ3n) is 8.42. The van der Waals surface area contributed by atoms with Gasteiger partial charge in [-0.1, -0.05) is 11.3 Å². The van der Waals surface area contributed by atoms with Gasteiger partial charge < -0.3 is 15.4 Å². The van der Waals surface area contributed by atoms with E-state index in [1.54, 1.807) is 17.5 Å². The number of nitrogens with zero attached hydrogens (tertiary/aromatic N) is 6. The lowest BCUT2D eigenvalue weighted by Gasteiger charge is -2.27. The standard InChI is InChI=1S/C30H32N8O2S/c31-15-18-13-23-7-8-27(38(23)33-16-18)26-14-25(34-22-9-11-40-12-10-22)24(17-32-26)30-37-36-29(41-30)20-3-5-21(6-4-20)35-28(39)19-1-2-19/h7-8,13-14,16-17,19-22H,1-6,9-12H2,(H,32,34)(H,35,39). The quantitative estimate of drug-likeness (QED) is 0.321. The van der Waals surface area contributed by atoms with E-state index in [0.29, 0.717) is 17.5 Å². The van der Waals surface area contributed by atoms with E-state index < -0.39 is 0 Å². The van der Waals surface area contributed by atoms with E-state index >= 15 is 0 Å². The summed E-state index contributed by atoms with van der Waals surface area (Å²) in [6.45, 7) is 1.48. The summed E-state index contributed by atoms with van der Waals surface area (Å²) in [5.74, 6) is 0.861. The number of ether oxygens (including phenoxy) is 1. The highest BCUT2D eigenvalue weighted by atomic mass is 32.1. The molecule has 0 bridgehead atoms. The lowest BCUT2D eigenvalue weighted by Crippen LogP contribution is -2.38. The van der Waals surface area contributed by atoms with E-state index in [0.717, 1.165) is 103 Å². The highest BCUT2D eigenvalue weighted by Gasteiger charge is 2.33.